The fraction of sp³-hybridized carbons (Fsp3) is 0.0400. The zero-order chi connectivity index (χ0) is 18.7. The molecule has 4 aromatic carbocycles. The summed E-state index contributed by atoms with van der Waals surface area (Å²) in [5.74, 6) is 0. The smallest absolute Gasteiger partial charge is 0.143 e. The number of fused-ring (bicyclic) bond motifs is 6. The molecule has 0 saturated heterocycles. The third-order valence-electron chi connectivity index (χ3n) is 5.41. The van der Waals surface area contributed by atoms with Gasteiger partial charge < -0.3 is 4.42 Å². The fourth-order valence-electron chi connectivity index (χ4n) is 4.10. The van der Waals surface area contributed by atoms with Gasteiger partial charge in [-0.1, -0.05) is 76.6 Å². The van der Waals surface area contributed by atoms with Gasteiger partial charge in [0.05, 0.1) is 0 Å². The molecule has 2 heterocycles. The van der Waals surface area contributed by atoms with Crippen LogP contribution in [0.15, 0.2) is 83.3 Å². The Hall–Kier alpha value is -2.62. The van der Waals surface area contributed by atoms with Crippen molar-refractivity contribution in [1.82, 2.24) is 0 Å². The van der Waals surface area contributed by atoms with Crippen molar-refractivity contribution in [3.63, 3.8) is 0 Å². The summed E-state index contributed by atoms with van der Waals surface area (Å²) in [5, 5.41) is 5.86. The number of hydrogen-bond acceptors (Lipinski definition) is 2. The third kappa shape index (κ3) is 2.30. The van der Waals surface area contributed by atoms with Crippen LogP contribution in [0, 0.1) is 0 Å². The second-order valence-electron chi connectivity index (χ2n) is 7.03. The predicted octanol–water partition coefficient (Wildman–Crippen LogP) is 8.52. The molecule has 0 aliphatic heterocycles. The Bertz CT molecular complexity index is 1510. The van der Waals surface area contributed by atoms with Crippen LogP contribution in [0.3, 0.4) is 0 Å². The van der Waals surface area contributed by atoms with Gasteiger partial charge in [0.2, 0.25) is 0 Å². The Balaban J connectivity index is 1.71. The molecule has 2 aromatic heterocycles. The van der Waals surface area contributed by atoms with E-state index in [9.17, 15) is 0 Å². The summed E-state index contributed by atoms with van der Waals surface area (Å²) in [4.78, 5) is 0. The van der Waals surface area contributed by atoms with Crippen LogP contribution in [0.1, 0.15) is 5.56 Å². The minimum absolute atomic E-state index is 0.873. The lowest BCUT2D eigenvalue weighted by molar-refractivity contribution is 0.670. The molecule has 6 rings (SSSR count). The summed E-state index contributed by atoms with van der Waals surface area (Å²) in [5.41, 5.74) is 5.61. The van der Waals surface area contributed by atoms with Crippen molar-refractivity contribution in [2.45, 2.75) is 5.33 Å². The lowest BCUT2D eigenvalue weighted by Gasteiger charge is -2.04. The number of thiophene rings is 1. The maximum atomic E-state index is 6.30. The fourth-order valence-corrected chi connectivity index (χ4v) is 5.66. The first-order valence-corrected chi connectivity index (χ1v) is 11.2. The van der Waals surface area contributed by atoms with E-state index >= 15 is 0 Å². The van der Waals surface area contributed by atoms with Gasteiger partial charge in [-0.05, 0) is 23.8 Å². The molecule has 1 nitrogen and oxygen atoms in total. The quantitative estimate of drug-likeness (QED) is 0.245. The number of alkyl halides is 1. The summed E-state index contributed by atoms with van der Waals surface area (Å²) in [7, 11) is 0. The van der Waals surface area contributed by atoms with Crippen LogP contribution < -0.4 is 0 Å². The van der Waals surface area contributed by atoms with Gasteiger partial charge >= 0.3 is 0 Å². The van der Waals surface area contributed by atoms with E-state index in [1.807, 2.05) is 23.5 Å². The number of furan rings is 1. The van der Waals surface area contributed by atoms with Crippen LogP contribution in [-0.4, -0.2) is 0 Å². The maximum absolute atomic E-state index is 6.30. The number of rotatable bonds is 2. The zero-order valence-corrected chi connectivity index (χ0v) is 17.3. The molecule has 0 spiro atoms. The van der Waals surface area contributed by atoms with E-state index < -0.39 is 0 Å². The van der Waals surface area contributed by atoms with Gasteiger partial charge in [-0.15, -0.1) is 11.3 Å². The van der Waals surface area contributed by atoms with Crippen molar-refractivity contribution in [3.8, 4) is 11.1 Å². The molecular formula is C25H15BrOS. The Morgan fingerprint density at radius 1 is 0.714 bits per heavy atom. The van der Waals surface area contributed by atoms with Crippen molar-refractivity contribution < 1.29 is 4.42 Å². The van der Waals surface area contributed by atoms with Gasteiger partial charge in [0, 0.05) is 47.4 Å². The summed E-state index contributed by atoms with van der Waals surface area (Å²) in [6, 6.07) is 28.1. The summed E-state index contributed by atoms with van der Waals surface area (Å²) in [6.45, 7) is 0. The molecule has 0 saturated carbocycles. The largest absolute Gasteiger partial charge is 0.455 e. The number of para-hydroxylation sites is 2. The van der Waals surface area contributed by atoms with E-state index in [-0.39, 0.29) is 0 Å². The topological polar surface area (TPSA) is 13.1 Å². The standard InChI is InChI=1S/C25H15BrOS/c26-14-15-11-12-23-21(13-15)20-9-4-8-19(25(20)28-23)18-7-3-6-17-16-5-1-2-10-22(16)27-24(17)18/h1-13H,14H2. The maximum Gasteiger partial charge on any atom is 0.143 e. The van der Waals surface area contributed by atoms with E-state index in [4.69, 9.17) is 4.42 Å². The van der Waals surface area contributed by atoms with Crippen molar-refractivity contribution in [2.75, 3.05) is 0 Å². The highest BCUT2D eigenvalue weighted by Gasteiger charge is 2.16. The summed E-state index contributed by atoms with van der Waals surface area (Å²) < 4.78 is 8.94. The average Bonchev–Trinajstić information content (AvgIpc) is 3.31. The van der Waals surface area contributed by atoms with Crippen LogP contribution in [-0.2, 0) is 5.33 Å². The highest BCUT2D eigenvalue weighted by molar-refractivity contribution is 9.08. The molecule has 0 bridgehead atoms. The normalized spacial score (nSPS) is 11.9. The van der Waals surface area contributed by atoms with Gasteiger partial charge in [-0.3, -0.25) is 0 Å². The van der Waals surface area contributed by atoms with E-state index in [0.717, 1.165) is 22.1 Å². The molecule has 134 valence electrons. The van der Waals surface area contributed by atoms with Crippen molar-refractivity contribution in [3.05, 3.63) is 84.4 Å². The highest BCUT2D eigenvalue weighted by Crippen LogP contribution is 2.43. The van der Waals surface area contributed by atoms with Gasteiger partial charge in [-0.25, -0.2) is 0 Å². The molecule has 0 aliphatic rings. The van der Waals surface area contributed by atoms with Crippen LogP contribution in [0.4, 0.5) is 0 Å². The average molecular weight is 443 g/mol. The summed E-state index contributed by atoms with van der Waals surface area (Å²) in [6.07, 6.45) is 0. The van der Waals surface area contributed by atoms with Crippen LogP contribution >= 0.6 is 27.3 Å². The first-order chi connectivity index (χ1) is 13.8. The molecular weight excluding hydrogens is 428 g/mol. The zero-order valence-electron chi connectivity index (χ0n) is 14.9. The first kappa shape index (κ1) is 16.3. The molecule has 3 heteroatoms. The van der Waals surface area contributed by atoms with Crippen LogP contribution in [0.5, 0.6) is 0 Å². The third-order valence-corrected chi connectivity index (χ3v) is 7.28. The second kappa shape index (κ2) is 6.20. The van der Waals surface area contributed by atoms with E-state index in [1.54, 1.807) is 0 Å². The van der Waals surface area contributed by atoms with Crippen LogP contribution in [0.2, 0.25) is 0 Å². The molecule has 0 radical (unpaired) electrons. The first-order valence-electron chi connectivity index (χ1n) is 9.24. The molecule has 28 heavy (non-hydrogen) atoms. The van der Waals surface area contributed by atoms with Crippen molar-refractivity contribution >= 4 is 69.4 Å². The van der Waals surface area contributed by atoms with Crippen molar-refractivity contribution in [1.29, 1.82) is 0 Å². The second-order valence-corrected chi connectivity index (χ2v) is 8.64. The molecule has 0 amide bonds. The molecule has 0 atom stereocenters. The molecule has 0 N–H and O–H groups in total. The molecule has 0 aliphatic carbocycles. The highest BCUT2D eigenvalue weighted by atomic mass is 79.9. The van der Waals surface area contributed by atoms with Gasteiger partial charge in [0.15, 0.2) is 0 Å². The van der Waals surface area contributed by atoms with Gasteiger partial charge in [0.25, 0.3) is 0 Å². The Morgan fingerprint density at radius 3 is 2.39 bits per heavy atom. The minimum atomic E-state index is 0.873. The van der Waals surface area contributed by atoms with E-state index in [0.29, 0.717) is 0 Å². The predicted molar refractivity (Wildman–Crippen MR) is 125 cm³/mol. The van der Waals surface area contributed by atoms with E-state index in [2.05, 4.69) is 82.7 Å². The Kier molecular flexibility index (Phi) is 3.62. The molecule has 0 fully saturated rings. The van der Waals surface area contributed by atoms with Gasteiger partial charge in [-0.2, -0.15) is 0 Å². The lowest BCUT2D eigenvalue weighted by atomic mass is 10.00. The van der Waals surface area contributed by atoms with Crippen molar-refractivity contribution in [2.24, 2.45) is 0 Å². The number of halogens is 1. The minimum Gasteiger partial charge on any atom is -0.455 e. The molecule has 6 aromatic rings. The Morgan fingerprint density at radius 2 is 1.50 bits per heavy atom. The monoisotopic (exact) mass is 442 g/mol. The number of hydrogen-bond donors (Lipinski definition) is 0. The molecule has 0 unspecified atom stereocenters. The SMILES string of the molecule is BrCc1ccc2sc3c(-c4cccc5c4oc4ccccc45)cccc3c2c1. The van der Waals surface area contributed by atoms with Crippen LogP contribution in [0.25, 0.3) is 53.2 Å². The Labute approximate surface area is 174 Å². The van der Waals surface area contributed by atoms with Gasteiger partial charge in [0.1, 0.15) is 11.2 Å². The number of benzene rings is 4. The lowest BCUT2D eigenvalue weighted by Crippen LogP contribution is -1.79. The summed E-state index contributed by atoms with van der Waals surface area (Å²) >= 11 is 5.44. The van der Waals surface area contributed by atoms with E-state index in [1.165, 1.54) is 42.1 Å².